The molecule has 0 aliphatic carbocycles. The van der Waals surface area contributed by atoms with Gasteiger partial charge in [-0.2, -0.15) is 0 Å². The lowest BCUT2D eigenvalue weighted by molar-refractivity contribution is -0.117. The van der Waals surface area contributed by atoms with Gasteiger partial charge in [0.2, 0.25) is 5.91 Å². The fraction of sp³-hybridized carbons (Fsp3) is 0.667. The van der Waals surface area contributed by atoms with Crippen LogP contribution in [-0.2, 0) is 4.79 Å². The van der Waals surface area contributed by atoms with E-state index < -0.39 is 0 Å². The number of nitrogens with zero attached hydrogens (tertiary/aromatic N) is 1. The Morgan fingerprint density at radius 2 is 2.50 bits per heavy atom. The van der Waals surface area contributed by atoms with E-state index in [0.29, 0.717) is 6.42 Å². The van der Waals surface area contributed by atoms with E-state index in [1.807, 2.05) is 0 Å². The van der Waals surface area contributed by atoms with Crippen molar-refractivity contribution in [2.24, 2.45) is 5.73 Å². The minimum absolute atomic E-state index is 0.216. The van der Waals surface area contributed by atoms with E-state index in [-0.39, 0.29) is 5.91 Å². The highest BCUT2D eigenvalue weighted by molar-refractivity contribution is 5.76. The van der Waals surface area contributed by atoms with Gasteiger partial charge in [-0.3, -0.25) is 9.69 Å². The molecule has 0 spiro atoms. The highest BCUT2D eigenvalue weighted by atomic mass is 16.1. The van der Waals surface area contributed by atoms with Crippen LogP contribution in [-0.4, -0.2) is 30.4 Å². The van der Waals surface area contributed by atoms with E-state index in [2.05, 4.69) is 17.9 Å². The van der Waals surface area contributed by atoms with Crippen LogP contribution in [0.3, 0.4) is 0 Å². The maximum atomic E-state index is 10.6. The SMILES string of the molecule is CCN1CC=C(CC(N)=O)CC1. The van der Waals surface area contributed by atoms with Gasteiger partial charge in [0.05, 0.1) is 0 Å². The van der Waals surface area contributed by atoms with Gasteiger partial charge in [0, 0.05) is 19.5 Å². The summed E-state index contributed by atoms with van der Waals surface area (Å²) >= 11 is 0. The first kappa shape index (κ1) is 9.26. The number of hydrogen-bond acceptors (Lipinski definition) is 2. The Bertz CT molecular complexity index is 199. The summed E-state index contributed by atoms with van der Waals surface area (Å²) in [4.78, 5) is 12.9. The Morgan fingerprint density at radius 3 is 2.92 bits per heavy atom. The van der Waals surface area contributed by atoms with Crippen LogP contribution in [0.4, 0.5) is 0 Å². The Kier molecular flexibility index (Phi) is 3.29. The van der Waals surface area contributed by atoms with Crippen molar-refractivity contribution in [2.75, 3.05) is 19.6 Å². The molecule has 12 heavy (non-hydrogen) atoms. The second-order valence-corrected chi connectivity index (χ2v) is 3.15. The van der Waals surface area contributed by atoms with Crippen LogP contribution in [0.15, 0.2) is 11.6 Å². The van der Waals surface area contributed by atoms with Gasteiger partial charge in [0.1, 0.15) is 0 Å². The fourth-order valence-electron chi connectivity index (χ4n) is 1.42. The van der Waals surface area contributed by atoms with Crippen molar-refractivity contribution in [1.82, 2.24) is 4.90 Å². The van der Waals surface area contributed by atoms with Gasteiger partial charge in [0.25, 0.3) is 0 Å². The smallest absolute Gasteiger partial charge is 0.221 e. The van der Waals surface area contributed by atoms with Crippen LogP contribution in [0.2, 0.25) is 0 Å². The number of carbonyl (C=O) groups is 1. The van der Waals surface area contributed by atoms with Gasteiger partial charge >= 0.3 is 0 Å². The average molecular weight is 168 g/mol. The molecule has 0 aromatic heterocycles. The van der Waals surface area contributed by atoms with Crippen molar-refractivity contribution in [2.45, 2.75) is 19.8 Å². The average Bonchev–Trinajstić information content (AvgIpc) is 2.05. The molecule has 1 aliphatic heterocycles. The first-order valence-corrected chi connectivity index (χ1v) is 4.41. The van der Waals surface area contributed by atoms with Crippen molar-refractivity contribution < 1.29 is 4.79 Å². The summed E-state index contributed by atoms with van der Waals surface area (Å²) in [5.41, 5.74) is 6.30. The molecular weight excluding hydrogens is 152 g/mol. The number of nitrogens with two attached hydrogens (primary N) is 1. The minimum Gasteiger partial charge on any atom is -0.369 e. The molecule has 0 fully saturated rings. The molecule has 0 bridgehead atoms. The molecule has 2 N–H and O–H groups in total. The zero-order valence-electron chi connectivity index (χ0n) is 7.55. The quantitative estimate of drug-likeness (QED) is 0.624. The second kappa shape index (κ2) is 4.26. The van der Waals surface area contributed by atoms with Gasteiger partial charge in [0.15, 0.2) is 0 Å². The topological polar surface area (TPSA) is 46.3 Å². The third kappa shape index (κ3) is 2.66. The number of hydrogen-bond donors (Lipinski definition) is 1. The highest BCUT2D eigenvalue weighted by Gasteiger charge is 2.10. The zero-order chi connectivity index (χ0) is 8.97. The third-order valence-corrected chi connectivity index (χ3v) is 2.24. The second-order valence-electron chi connectivity index (χ2n) is 3.15. The van der Waals surface area contributed by atoms with E-state index in [1.54, 1.807) is 0 Å². The Morgan fingerprint density at radius 1 is 1.75 bits per heavy atom. The Balaban J connectivity index is 2.39. The van der Waals surface area contributed by atoms with Crippen molar-refractivity contribution in [3.8, 4) is 0 Å². The van der Waals surface area contributed by atoms with Crippen LogP contribution in [0.1, 0.15) is 19.8 Å². The summed E-state index contributed by atoms with van der Waals surface area (Å²) in [5.74, 6) is -0.216. The summed E-state index contributed by atoms with van der Waals surface area (Å²) in [5, 5.41) is 0. The Labute approximate surface area is 73.2 Å². The summed E-state index contributed by atoms with van der Waals surface area (Å²) in [6, 6.07) is 0. The van der Waals surface area contributed by atoms with Crippen LogP contribution in [0.5, 0.6) is 0 Å². The summed E-state index contributed by atoms with van der Waals surface area (Å²) < 4.78 is 0. The lowest BCUT2D eigenvalue weighted by Crippen LogP contribution is -2.29. The third-order valence-electron chi connectivity index (χ3n) is 2.24. The maximum absolute atomic E-state index is 10.6. The van der Waals surface area contributed by atoms with Gasteiger partial charge < -0.3 is 5.73 Å². The maximum Gasteiger partial charge on any atom is 0.221 e. The highest BCUT2D eigenvalue weighted by Crippen LogP contribution is 2.12. The van der Waals surface area contributed by atoms with Crippen molar-refractivity contribution in [1.29, 1.82) is 0 Å². The monoisotopic (exact) mass is 168 g/mol. The molecule has 0 saturated carbocycles. The lowest BCUT2D eigenvalue weighted by atomic mass is 10.0. The molecule has 3 heteroatoms. The number of rotatable bonds is 3. The predicted molar refractivity (Wildman–Crippen MR) is 48.6 cm³/mol. The van der Waals surface area contributed by atoms with Crippen LogP contribution in [0, 0.1) is 0 Å². The molecule has 1 heterocycles. The Hall–Kier alpha value is -0.830. The van der Waals surface area contributed by atoms with Crippen molar-refractivity contribution >= 4 is 5.91 Å². The minimum atomic E-state index is -0.216. The number of amides is 1. The van der Waals surface area contributed by atoms with Crippen molar-refractivity contribution in [3.63, 3.8) is 0 Å². The number of likely N-dealkylation sites (N-methyl/N-ethyl adjacent to an activating group) is 1. The molecule has 1 aliphatic rings. The van der Waals surface area contributed by atoms with Gasteiger partial charge in [-0.1, -0.05) is 18.6 Å². The molecular formula is C9H16N2O. The van der Waals surface area contributed by atoms with Gasteiger partial charge in [-0.15, -0.1) is 0 Å². The molecule has 0 aromatic carbocycles. The predicted octanol–water partition coefficient (Wildman–Crippen LogP) is 0.514. The van der Waals surface area contributed by atoms with E-state index in [4.69, 9.17) is 5.73 Å². The first-order chi connectivity index (χ1) is 5.72. The van der Waals surface area contributed by atoms with Gasteiger partial charge in [-0.25, -0.2) is 0 Å². The first-order valence-electron chi connectivity index (χ1n) is 4.41. The molecule has 0 unspecified atom stereocenters. The molecule has 3 nitrogen and oxygen atoms in total. The lowest BCUT2D eigenvalue weighted by Gasteiger charge is -2.24. The molecule has 68 valence electrons. The molecule has 0 aromatic rings. The molecule has 0 atom stereocenters. The van der Waals surface area contributed by atoms with E-state index in [0.717, 1.165) is 26.1 Å². The number of carbonyl (C=O) groups excluding carboxylic acids is 1. The molecule has 0 saturated heterocycles. The molecule has 0 radical (unpaired) electrons. The zero-order valence-corrected chi connectivity index (χ0v) is 7.55. The molecule has 1 amide bonds. The molecule has 1 rings (SSSR count). The van der Waals surface area contributed by atoms with Crippen LogP contribution < -0.4 is 5.73 Å². The standard InChI is InChI=1S/C9H16N2O/c1-2-11-5-3-8(4-6-11)7-9(10)12/h3H,2,4-7H2,1H3,(H2,10,12). The van der Waals surface area contributed by atoms with Crippen LogP contribution >= 0.6 is 0 Å². The van der Waals surface area contributed by atoms with E-state index in [9.17, 15) is 4.79 Å². The van der Waals surface area contributed by atoms with Crippen LogP contribution in [0.25, 0.3) is 0 Å². The van der Waals surface area contributed by atoms with E-state index in [1.165, 1.54) is 5.57 Å². The van der Waals surface area contributed by atoms with Gasteiger partial charge in [-0.05, 0) is 13.0 Å². The summed E-state index contributed by atoms with van der Waals surface area (Å²) in [6.07, 6.45) is 3.56. The summed E-state index contributed by atoms with van der Waals surface area (Å²) in [6.45, 7) is 5.27. The fourth-order valence-corrected chi connectivity index (χ4v) is 1.42. The summed E-state index contributed by atoms with van der Waals surface area (Å²) in [7, 11) is 0. The normalized spacial score (nSPS) is 18.9. The largest absolute Gasteiger partial charge is 0.369 e. The van der Waals surface area contributed by atoms with E-state index >= 15 is 0 Å². The number of primary amides is 1. The van der Waals surface area contributed by atoms with Crippen molar-refractivity contribution in [3.05, 3.63) is 11.6 Å².